The van der Waals surface area contributed by atoms with Gasteiger partial charge in [-0.05, 0) is 61.8 Å². The summed E-state index contributed by atoms with van der Waals surface area (Å²) in [4.78, 5) is 16.5. The Labute approximate surface area is 177 Å². The Hall–Kier alpha value is -1.83. The normalized spacial score (nSPS) is 18.2. The van der Waals surface area contributed by atoms with E-state index in [0.717, 1.165) is 42.0 Å². The maximum atomic E-state index is 13.4. The molecule has 0 aromatic heterocycles. The number of thioether (sulfide) groups is 1. The Morgan fingerprint density at radius 1 is 0.966 bits per heavy atom. The van der Waals surface area contributed by atoms with E-state index in [-0.39, 0.29) is 10.8 Å². The third-order valence-corrected chi connectivity index (χ3v) is 8.74. The summed E-state index contributed by atoms with van der Waals surface area (Å²) in [5.41, 5.74) is 2.01. The van der Waals surface area contributed by atoms with Crippen LogP contribution in [0, 0.1) is 6.92 Å². The van der Waals surface area contributed by atoms with E-state index in [9.17, 15) is 13.2 Å². The summed E-state index contributed by atoms with van der Waals surface area (Å²) in [6, 6.07) is 13.0. The highest BCUT2D eigenvalue weighted by molar-refractivity contribution is 7.99. The van der Waals surface area contributed by atoms with E-state index in [1.807, 2.05) is 24.3 Å². The molecule has 0 spiro atoms. The number of carbonyl (C=O) groups excluding carboxylic acids is 1. The third kappa shape index (κ3) is 4.09. The van der Waals surface area contributed by atoms with Crippen LogP contribution in [0.3, 0.4) is 0 Å². The highest BCUT2D eigenvalue weighted by Gasteiger charge is 2.29. The van der Waals surface area contributed by atoms with Gasteiger partial charge in [0.15, 0.2) is 0 Å². The Balaban J connectivity index is 1.70. The van der Waals surface area contributed by atoms with Crippen molar-refractivity contribution in [1.29, 1.82) is 0 Å². The van der Waals surface area contributed by atoms with E-state index in [0.29, 0.717) is 30.8 Å². The van der Waals surface area contributed by atoms with Crippen LogP contribution in [0.25, 0.3) is 0 Å². The van der Waals surface area contributed by atoms with Gasteiger partial charge in [-0.25, -0.2) is 8.42 Å². The first-order valence-corrected chi connectivity index (χ1v) is 12.6. The SMILES string of the molecule is Cc1ccc(C(=O)N2CCCSc3ccccc32)cc1S(=O)(=O)N1CCCCC1. The molecular formula is C22H26N2O3S2. The molecule has 0 unspecified atom stereocenters. The standard InChI is InChI=1S/C22H26N2O3S2/c1-17-10-11-18(16-21(17)29(26,27)23-12-5-2-6-13-23)22(25)24-14-7-15-28-20-9-4-3-8-19(20)24/h3-4,8-11,16H,2,5-7,12-15H2,1H3. The van der Waals surface area contributed by atoms with Gasteiger partial charge in [-0.3, -0.25) is 4.79 Å². The van der Waals surface area contributed by atoms with Crippen molar-refractivity contribution < 1.29 is 13.2 Å². The lowest BCUT2D eigenvalue weighted by Gasteiger charge is -2.27. The Bertz CT molecular complexity index is 1010. The molecule has 2 aromatic carbocycles. The van der Waals surface area contributed by atoms with E-state index in [1.54, 1.807) is 46.1 Å². The summed E-state index contributed by atoms with van der Waals surface area (Å²) in [6.07, 6.45) is 3.74. The van der Waals surface area contributed by atoms with Crippen molar-refractivity contribution in [3.63, 3.8) is 0 Å². The number of hydrogen-bond acceptors (Lipinski definition) is 4. The second-order valence-corrected chi connectivity index (χ2v) is 10.6. The lowest BCUT2D eigenvalue weighted by Crippen LogP contribution is -2.36. The van der Waals surface area contributed by atoms with Gasteiger partial charge in [-0.1, -0.05) is 24.6 Å². The average molecular weight is 431 g/mol. The fourth-order valence-electron chi connectivity index (χ4n) is 3.95. The van der Waals surface area contributed by atoms with Crippen LogP contribution in [-0.4, -0.2) is 44.0 Å². The number of fused-ring (bicyclic) bond motifs is 1. The summed E-state index contributed by atoms with van der Waals surface area (Å²) in [5, 5.41) is 0. The number of benzene rings is 2. The first-order chi connectivity index (χ1) is 14.0. The van der Waals surface area contributed by atoms with Crippen molar-refractivity contribution >= 4 is 33.4 Å². The zero-order valence-electron chi connectivity index (χ0n) is 16.6. The summed E-state index contributed by atoms with van der Waals surface area (Å²) < 4.78 is 28.0. The van der Waals surface area contributed by atoms with Crippen molar-refractivity contribution in [2.24, 2.45) is 0 Å². The minimum absolute atomic E-state index is 0.143. The molecule has 0 N–H and O–H groups in total. The minimum atomic E-state index is -3.59. The maximum Gasteiger partial charge on any atom is 0.258 e. The molecule has 0 bridgehead atoms. The number of aryl methyl sites for hydroxylation is 1. The van der Waals surface area contributed by atoms with Gasteiger partial charge in [0.25, 0.3) is 5.91 Å². The fourth-order valence-corrected chi connectivity index (χ4v) is 6.71. The molecule has 1 amide bonds. The average Bonchev–Trinajstić information content (AvgIpc) is 2.96. The number of para-hydroxylation sites is 1. The van der Waals surface area contributed by atoms with Crippen molar-refractivity contribution in [2.75, 3.05) is 30.3 Å². The molecule has 1 fully saturated rings. The fraction of sp³-hybridized carbons (Fsp3) is 0.409. The number of amides is 1. The van der Waals surface area contributed by atoms with Crippen LogP contribution in [-0.2, 0) is 10.0 Å². The number of sulfonamides is 1. The van der Waals surface area contributed by atoms with E-state index >= 15 is 0 Å². The van der Waals surface area contributed by atoms with E-state index in [4.69, 9.17) is 0 Å². The number of rotatable bonds is 3. The lowest BCUT2D eigenvalue weighted by atomic mass is 10.1. The predicted octanol–water partition coefficient (Wildman–Crippen LogP) is 4.31. The van der Waals surface area contributed by atoms with Gasteiger partial charge in [0, 0.05) is 30.1 Å². The third-order valence-electron chi connectivity index (χ3n) is 5.55. The van der Waals surface area contributed by atoms with Crippen LogP contribution in [0.1, 0.15) is 41.6 Å². The zero-order valence-corrected chi connectivity index (χ0v) is 18.3. The highest BCUT2D eigenvalue weighted by atomic mass is 32.2. The molecule has 1 saturated heterocycles. The first kappa shape index (κ1) is 20.4. The molecule has 2 aliphatic heterocycles. The summed E-state index contributed by atoms with van der Waals surface area (Å²) >= 11 is 1.76. The summed E-state index contributed by atoms with van der Waals surface area (Å²) in [6.45, 7) is 3.53. The molecule has 29 heavy (non-hydrogen) atoms. The van der Waals surface area contributed by atoms with Gasteiger partial charge >= 0.3 is 0 Å². The quantitative estimate of drug-likeness (QED) is 0.728. The molecule has 0 radical (unpaired) electrons. The lowest BCUT2D eigenvalue weighted by molar-refractivity contribution is 0.0986. The second kappa shape index (κ2) is 8.50. The van der Waals surface area contributed by atoms with Crippen molar-refractivity contribution in [1.82, 2.24) is 4.31 Å². The van der Waals surface area contributed by atoms with Gasteiger partial charge in [0.2, 0.25) is 10.0 Å². The van der Waals surface area contributed by atoms with Crippen LogP contribution in [0.5, 0.6) is 0 Å². The van der Waals surface area contributed by atoms with Crippen molar-refractivity contribution in [3.8, 4) is 0 Å². The molecule has 2 heterocycles. The molecule has 0 aliphatic carbocycles. The van der Waals surface area contributed by atoms with Crippen LogP contribution < -0.4 is 4.90 Å². The number of hydrogen-bond donors (Lipinski definition) is 0. The van der Waals surface area contributed by atoms with Gasteiger partial charge in [0.1, 0.15) is 0 Å². The Morgan fingerprint density at radius 2 is 1.72 bits per heavy atom. The van der Waals surface area contributed by atoms with Crippen LogP contribution in [0.4, 0.5) is 5.69 Å². The maximum absolute atomic E-state index is 13.4. The molecule has 2 aliphatic rings. The predicted molar refractivity (Wildman–Crippen MR) is 117 cm³/mol. The molecule has 5 nitrogen and oxygen atoms in total. The monoisotopic (exact) mass is 430 g/mol. The van der Waals surface area contributed by atoms with Gasteiger partial charge < -0.3 is 4.90 Å². The number of piperidine rings is 1. The van der Waals surface area contributed by atoms with Crippen LogP contribution >= 0.6 is 11.8 Å². The number of anilines is 1. The molecule has 2 aromatic rings. The molecule has 4 rings (SSSR count). The van der Waals surface area contributed by atoms with Gasteiger partial charge in [-0.2, -0.15) is 4.31 Å². The number of carbonyl (C=O) groups is 1. The summed E-state index contributed by atoms with van der Waals surface area (Å²) in [7, 11) is -3.59. The van der Waals surface area contributed by atoms with E-state index in [2.05, 4.69) is 0 Å². The van der Waals surface area contributed by atoms with Gasteiger partial charge in [-0.15, -0.1) is 11.8 Å². The summed E-state index contributed by atoms with van der Waals surface area (Å²) in [5.74, 6) is 0.818. The van der Waals surface area contributed by atoms with Crippen molar-refractivity contribution in [3.05, 3.63) is 53.6 Å². The molecule has 0 saturated carbocycles. The molecule has 0 atom stereocenters. The Morgan fingerprint density at radius 3 is 2.52 bits per heavy atom. The highest BCUT2D eigenvalue weighted by Crippen LogP contribution is 2.34. The second-order valence-electron chi connectivity index (χ2n) is 7.57. The molecule has 154 valence electrons. The Kier molecular flexibility index (Phi) is 5.99. The first-order valence-electron chi connectivity index (χ1n) is 10.1. The largest absolute Gasteiger partial charge is 0.307 e. The number of nitrogens with zero attached hydrogens (tertiary/aromatic N) is 2. The smallest absolute Gasteiger partial charge is 0.258 e. The van der Waals surface area contributed by atoms with Gasteiger partial charge in [0.05, 0.1) is 10.6 Å². The zero-order chi connectivity index (χ0) is 20.4. The van der Waals surface area contributed by atoms with E-state index in [1.165, 1.54) is 0 Å². The molecule has 7 heteroatoms. The van der Waals surface area contributed by atoms with E-state index < -0.39 is 10.0 Å². The van der Waals surface area contributed by atoms with Crippen molar-refractivity contribution in [2.45, 2.75) is 42.4 Å². The minimum Gasteiger partial charge on any atom is -0.307 e. The molecular weight excluding hydrogens is 404 g/mol. The van der Waals surface area contributed by atoms with Crippen LogP contribution in [0.15, 0.2) is 52.3 Å². The van der Waals surface area contributed by atoms with Crippen LogP contribution in [0.2, 0.25) is 0 Å². The topological polar surface area (TPSA) is 57.7 Å².